The van der Waals surface area contributed by atoms with Gasteiger partial charge in [0.15, 0.2) is 0 Å². The fraction of sp³-hybridized carbons (Fsp3) is 0.250. The highest BCUT2D eigenvalue weighted by molar-refractivity contribution is 9.10. The van der Waals surface area contributed by atoms with Crippen molar-refractivity contribution in [3.63, 3.8) is 0 Å². The Hall–Kier alpha value is -1.69. The normalized spacial score (nSPS) is 12.1. The molecule has 18 heavy (non-hydrogen) atoms. The van der Waals surface area contributed by atoms with Crippen molar-refractivity contribution in [3.8, 4) is 0 Å². The predicted molar refractivity (Wildman–Crippen MR) is 71.1 cm³/mol. The molecule has 0 aliphatic heterocycles. The van der Waals surface area contributed by atoms with Gasteiger partial charge in [-0.2, -0.15) is 5.10 Å². The lowest BCUT2D eigenvalue weighted by Crippen LogP contribution is -2.35. The van der Waals surface area contributed by atoms with Gasteiger partial charge in [-0.25, -0.2) is 0 Å². The maximum Gasteiger partial charge on any atom is 0.253 e. The third-order valence-electron chi connectivity index (χ3n) is 2.36. The monoisotopic (exact) mass is 308 g/mol. The lowest BCUT2D eigenvalue weighted by Gasteiger charge is -2.13. The molecule has 1 amide bonds. The number of carbonyl (C=O) groups is 1. The molecule has 6 heteroatoms. The minimum atomic E-state index is -0.136. The van der Waals surface area contributed by atoms with Gasteiger partial charge in [-0.05, 0) is 35.0 Å². The van der Waals surface area contributed by atoms with Crippen LogP contribution in [0.15, 0.2) is 41.4 Å². The Morgan fingerprint density at radius 1 is 1.56 bits per heavy atom. The number of aromatic nitrogens is 3. The SMILES string of the molecule is CC(Cn1cccn1)NC(=O)c1cncc(Br)c1. The van der Waals surface area contributed by atoms with Crippen molar-refractivity contribution in [2.24, 2.45) is 0 Å². The Kier molecular flexibility index (Phi) is 4.09. The molecule has 2 aromatic rings. The van der Waals surface area contributed by atoms with Crippen molar-refractivity contribution >= 4 is 21.8 Å². The first-order valence-electron chi connectivity index (χ1n) is 5.54. The minimum Gasteiger partial charge on any atom is -0.348 e. The van der Waals surface area contributed by atoms with Gasteiger partial charge in [0.1, 0.15) is 0 Å². The van der Waals surface area contributed by atoms with E-state index in [1.807, 2.05) is 19.2 Å². The Morgan fingerprint density at radius 3 is 3.06 bits per heavy atom. The van der Waals surface area contributed by atoms with Crippen LogP contribution < -0.4 is 5.32 Å². The van der Waals surface area contributed by atoms with Gasteiger partial charge < -0.3 is 5.32 Å². The van der Waals surface area contributed by atoms with Crippen molar-refractivity contribution in [1.29, 1.82) is 0 Å². The van der Waals surface area contributed by atoms with Crippen molar-refractivity contribution in [1.82, 2.24) is 20.1 Å². The third kappa shape index (κ3) is 3.40. The van der Waals surface area contributed by atoms with E-state index in [2.05, 4.69) is 31.3 Å². The van der Waals surface area contributed by atoms with Gasteiger partial charge in [0, 0.05) is 35.3 Å². The molecule has 0 saturated heterocycles. The zero-order chi connectivity index (χ0) is 13.0. The number of hydrogen-bond acceptors (Lipinski definition) is 3. The third-order valence-corrected chi connectivity index (χ3v) is 2.80. The highest BCUT2D eigenvalue weighted by Gasteiger charge is 2.10. The maximum atomic E-state index is 11.9. The molecule has 0 bridgehead atoms. The zero-order valence-corrected chi connectivity index (χ0v) is 11.5. The van der Waals surface area contributed by atoms with E-state index in [1.54, 1.807) is 29.3 Å². The minimum absolute atomic E-state index is 0.00335. The van der Waals surface area contributed by atoms with Crippen molar-refractivity contribution in [3.05, 3.63) is 47.0 Å². The van der Waals surface area contributed by atoms with Crippen LogP contribution in [0.3, 0.4) is 0 Å². The van der Waals surface area contributed by atoms with Crippen LogP contribution in [-0.4, -0.2) is 26.7 Å². The first-order chi connectivity index (χ1) is 8.65. The summed E-state index contributed by atoms with van der Waals surface area (Å²) < 4.78 is 2.57. The zero-order valence-electron chi connectivity index (χ0n) is 9.88. The van der Waals surface area contributed by atoms with Gasteiger partial charge in [0.25, 0.3) is 5.91 Å². The van der Waals surface area contributed by atoms with E-state index in [4.69, 9.17) is 0 Å². The molecule has 0 fully saturated rings. The predicted octanol–water partition coefficient (Wildman–Crippen LogP) is 1.86. The molecule has 0 aromatic carbocycles. The van der Waals surface area contributed by atoms with Crippen LogP contribution in [0.25, 0.3) is 0 Å². The molecular weight excluding hydrogens is 296 g/mol. The van der Waals surface area contributed by atoms with Gasteiger partial charge in [0.2, 0.25) is 0 Å². The van der Waals surface area contributed by atoms with E-state index < -0.39 is 0 Å². The summed E-state index contributed by atoms with van der Waals surface area (Å²) in [5.41, 5.74) is 0.539. The van der Waals surface area contributed by atoms with Gasteiger partial charge in [-0.15, -0.1) is 0 Å². The molecule has 2 aromatic heterocycles. The smallest absolute Gasteiger partial charge is 0.253 e. The van der Waals surface area contributed by atoms with Crippen LogP contribution >= 0.6 is 15.9 Å². The van der Waals surface area contributed by atoms with E-state index in [9.17, 15) is 4.79 Å². The summed E-state index contributed by atoms with van der Waals surface area (Å²) >= 11 is 3.29. The average Bonchev–Trinajstić information content (AvgIpc) is 2.81. The summed E-state index contributed by atoms with van der Waals surface area (Å²) in [6.07, 6.45) is 6.76. The summed E-state index contributed by atoms with van der Waals surface area (Å²) in [6.45, 7) is 2.57. The number of carbonyl (C=O) groups excluding carboxylic acids is 1. The molecule has 94 valence electrons. The Bertz CT molecular complexity index is 527. The van der Waals surface area contributed by atoms with Crippen LogP contribution in [0, 0.1) is 0 Å². The molecule has 1 N–H and O–H groups in total. The van der Waals surface area contributed by atoms with E-state index >= 15 is 0 Å². The Labute approximate surface area is 113 Å². The molecule has 0 aliphatic rings. The second-order valence-corrected chi connectivity index (χ2v) is 4.91. The van der Waals surface area contributed by atoms with Gasteiger partial charge in [0.05, 0.1) is 12.1 Å². The Balaban J connectivity index is 1.95. The maximum absolute atomic E-state index is 11.9. The molecule has 5 nitrogen and oxygen atoms in total. The number of halogens is 1. The molecule has 0 spiro atoms. The molecular formula is C12H13BrN4O. The number of pyridine rings is 1. The summed E-state index contributed by atoms with van der Waals surface area (Å²) in [5, 5.41) is 7.00. The molecule has 2 heterocycles. The Morgan fingerprint density at radius 2 is 2.39 bits per heavy atom. The van der Waals surface area contributed by atoms with Gasteiger partial charge in [-0.1, -0.05) is 0 Å². The first kappa shape index (κ1) is 12.8. The summed E-state index contributed by atoms with van der Waals surface area (Å²) in [7, 11) is 0. The van der Waals surface area contributed by atoms with Crippen LogP contribution in [0.4, 0.5) is 0 Å². The highest BCUT2D eigenvalue weighted by atomic mass is 79.9. The van der Waals surface area contributed by atoms with Crippen molar-refractivity contribution in [2.75, 3.05) is 0 Å². The van der Waals surface area contributed by atoms with Gasteiger partial charge in [-0.3, -0.25) is 14.5 Å². The largest absolute Gasteiger partial charge is 0.348 e. The number of rotatable bonds is 4. The molecule has 0 radical (unpaired) electrons. The molecule has 2 rings (SSSR count). The first-order valence-corrected chi connectivity index (χ1v) is 6.33. The van der Waals surface area contributed by atoms with Crippen LogP contribution in [0.5, 0.6) is 0 Å². The number of hydrogen-bond donors (Lipinski definition) is 1. The number of amides is 1. The summed E-state index contributed by atoms with van der Waals surface area (Å²) in [6, 6.07) is 3.59. The number of nitrogens with one attached hydrogen (secondary N) is 1. The van der Waals surface area contributed by atoms with Crippen LogP contribution in [0.2, 0.25) is 0 Å². The summed E-state index contributed by atoms with van der Waals surface area (Å²) in [5.74, 6) is -0.136. The highest BCUT2D eigenvalue weighted by Crippen LogP contribution is 2.09. The lowest BCUT2D eigenvalue weighted by molar-refractivity contribution is 0.0935. The second kappa shape index (κ2) is 5.77. The van der Waals surface area contributed by atoms with E-state index in [0.29, 0.717) is 12.1 Å². The van der Waals surface area contributed by atoms with Crippen molar-refractivity contribution < 1.29 is 4.79 Å². The van der Waals surface area contributed by atoms with Crippen LogP contribution in [-0.2, 0) is 6.54 Å². The van der Waals surface area contributed by atoms with E-state index in [-0.39, 0.29) is 11.9 Å². The topological polar surface area (TPSA) is 59.8 Å². The quantitative estimate of drug-likeness (QED) is 0.938. The standard InChI is InChI=1S/C12H13BrN4O/c1-9(8-17-4-2-3-15-17)16-12(18)10-5-11(13)7-14-6-10/h2-7,9H,8H2,1H3,(H,16,18). The fourth-order valence-electron chi connectivity index (χ4n) is 1.58. The summed E-state index contributed by atoms with van der Waals surface area (Å²) in [4.78, 5) is 15.9. The van der Waals surface area contributed by atoms with E-state index in [0.717, 1.165) is 4.47 Å². The average molecular weight is 309 g/mol. The molecule has 0 saturated carbocycles. The molecule has 1 atom stereocenters. The lowest BCUT2D eigenvalue weighted by atomic mass is 10.2. The van der Waals surface area contributed by atoms with Crippen molar-refractivity contribution in [2.45, 2.75) is 19.5 Å². The van der Waals surface area contributed by atoms with E-state index in [1.165, 1.54) is 0 Å². The number of nitrogens with zero attached hydrogens (tertiary/aromatic N) is 3. The van der Waals surface area contributed by atoms with Crippen LogP contribution in [0.1, 0.15) is 17.3 Å². The second-order valence-electron chi connectivity index (χ2n) is 3.99. The van der Waals surface area contributed by atoms with Gasteiger partial charge >= 0.3 is 0 Å². The molecule has 0 aliphatic carbocycles. The fourth-order valence-corrected chi connectivity index (χ4v) is 1.94. The molecule has 1 unspecified atom stereocenters.